The van der Waals surface area contributed by atoms with Crippen LogP contribution in [0.25, 0.3) is 0 Å². The number of anilines is 2. The van der Waals surface area contributed by atoms with Crippen LogP contribution < -0.4 is 11.1 Å². The van der Waals surface area contributed by atoms with Crippen LogP contribution in [0.3, 0.4) is 0 Å². The van der Waals surface area contributed by atoms with Crippen LogP contribution in [0.1, 0.15) is 5.82 Å². The number of nitrogen functional groups attached to an aromatic ring is 1. The van der Waals surface area contributed by atoms with Gasteiger partial charge in [-0.05, 0) is 12.1 Å². The third-order valence-electron chi connectivity index (χ3n) is 1.89. The second kappa shape index (κ2) is 4.41. The van der Waals surface area contributed by atoms with Crippen LogP contribution in [0, 0.1) is 0 Å². The van der Waals surface area contributed by atoms with Crippen LogP contribution >= 0.6 is 0 Å². The van der Waals surface area contributed by atoms with Gasteiger partial charge in [-0.15, -0.1) is 0 Å². The second-order valence-corrected chi connectivity index (χ2v) is 2.97. The monoisotopic (exact) mass is 205 g/mol. The Kier molecular flexibility index (Phi) is 2.77. The van der Waals surface area contributed by atoms with Crippen molar-refractivity contribution in [2.45, 2.75) is 6.42 Å². The van der Waals surface area contributed by atoms with Crippen LogP contribution in [0.5, 0.6) is 0 Å². The van der Waals surface area contributed by atoms with Crippen LogP contribution in [0.2, 0.25) is 0 Å². The average molecular weight is 205 g/mol. The van der Waals surface area contributed by atoms with Crippen molar-refractivity contribution >= 4 is 11.5 Å². The summed E-state index contributed by atoms with van der Waals surface area (Å²) in [6, 6.07) is 3.59. The molecular formula is C9H11N5O. The number of hydrogen-bond donors (Lipinski definition) is 2. The van der Waals surface area contributed by atoms with Gasteiger partial charge in [0.25, 0.3) is 0 Å². The summed E-state index contributed by atoms with van der Waals surface area (Å²) in [6.45, 7) is 0.667. The lowest BCUT2D eigenvalue weighted by atomic mass is 10.3. The van der Waals surface area contributed by atoms with E-state index in [9.17, 15) is 0 Å². The Hall–Kier alpha value is -2.11. The van der Waals surface area contributed by atoms with Gasteiger partial charge in [-0.25, -0.2) is 4.98 Å². The lowest BCUT2D eigenvalue weighted by Crippen LogP contribution is -2.08. The standard InChI is InChI=1S/C9H11N5O/c10-7-2-1-4-11-9(7)12-5-3-8-13-6-15-14-8/h1-2,4,6H,3,5,10H2,(H,11,12). The van der Waals surface area contributed by atoms with Crippen molar-refractivity contribution in [3.05, 3.63) is 30.5 Å². The Morgan fingerprint density at radius 1 is 1.40 bits per heavy atom. The Bertz CT molecular complexity index is 414. The van der Waals surface area contributed by atoms with Crippen molar-refractivity contribution in [3.8, 4) is 0 Å². The zero-order valence-corrected chi connectivity index (χ0v) is 8.05. The summed E-state index contributed by atoms with van der Waals surface area (Å²) in [5, 5.41) is 6.79. The van der Waals surface area contributed by atoms with Gasteiger partial charge in [-0.1, -0.05) is 5.16 Å². The maximum Gasteiger partial charge on any atom is 0.213 e. The van der Waals surface area contributed by atoms with E-state index in [4.69, 9.17) is 5.73 Å². The van der Waals surface area contributed by atoms with Crippen LogP contribution in [0.4, 0.5) is 11.5 Å². The first-order valence-corrected chi connectivity index (χ1v) is 4.56. The second-order valence-electron chi connectivity index (χ2n) is 2.97. The fourth-order valence-corrected chi connectivity index (χ4v) is 1.16. The molecule has 0 aromatic carbocycles. The summed E-state index contributed by atoms with van der Waals surface area (Å²) in [5.74, 6) is 1.35. The topological polar surface area (TPSA) is 89.9 Å². The first kappa shape index (κ1) is 9.45. The molecule has 0 atom stereocenters. The Balaban J connectivity index is 1.86. The number of aromatic nitrogens is 3. The van der Waals surface area contributed by atoms with Gasteiger partial charge in [0.2, 0.25) is 6.39 Å². The molecule has 0 saturated carbocycles. The number of nitrogens with two attached hydrogens (primary N) is 1. The predicted octanol–water partition coefficient (Wildman–Crippen LogP) is 0.701. The minimum atomic E-state index is 0.630. The lowest BCUT2D eigenvalue weighted by molar-refractivity contribution is 0.410. The third kappa shape index (κ3) is 2.43. The molecular weight excluding hydrogens is 194 g/mol. The summed E-state index contributed by atoms with van der Waals surface area (Å²) in [4.78, 5) is 8.00. The van der Waals surface area contributed by atoms with Crippen LogP contribution in [-0.2, 0) is 6.42 Å². The summed E-state index contributed by atoms with van der Waals surface area (Å²) in [7, 11) is 0. The molecule has 6 nitrogen and oxygen atoms in total. The number of pyridine rings is 1. The highest BCUT2D eigenvalue weighted by atomic mass is 16.5. The van der Waals surface area contributed by atoms with Gasteiger partial charge >= 0.3 is 0 Å². The highest BCUT2D eigenvalue weighted by Crippen LogP contribution is 2.12. The number of hydrogen-bond acceptors (Lipinski definition) is 6. The van der Waals surface area contributed by atoms with Gasteiger partial charge < -0.3 is 15.6 Å². The molecule has 0 aliphatic heterocycles. The van der Waals surface area contributed by atoms with Gasteiger partial charge in [0.1, 0.15) is 5.82 Å². The van der Waals surface area contributed by atoms with Crippen molar-refractivity contribution in [1.29, 1.82) is 0 Å². The largest absolute Gasteiger partial charge is 0.396 e. The molecule has 3 N–H and O–H groups in total. The van der Waals surface area contributed by atoms with Gasteiger partial charge in [0.05, 0.1) is 5.69 Å². The maximum atomic E-state index is 5.71. The molecule has 0 bridgehead atoms. The van der Waals surface area contributed by atoms with Crippen molar-refractivity contribution < 1.29 is 4.52 Å². The highest BCUT2D eigenvalue weighted by molar-refractivity contribution is 5.60. The van der Waals surface area contributed by atoms with E-state index in [1.807, 2.05) is 0 Å². The molecule has 15 heavy (non-hydrogen) atoms. The van der Waals surface area contributed by atoms with E-state index >= 15 is 0 Å². The molecule has 0 spiro atoms. The Morgan fingerprint density at radius 3 is 3.07 bits per heavy atom. The van der Waals surface area contributed by atoms with E-state index in [2.05, 4.69) is 25.0 Å². The van der Waals surface area contributed by atoms with E-state index < -0.39 is 0 Å². The molecule has 2 heterocycles. The van der Waals surface area contributed by atoms with Gasteiger partial charge in [-0.3, -0.25) is 0 Å². The fourth-order valence-electron chi connectivity index (χ4n) is 1.16. The minimum Gasteiger partial charge on any atom is -0.396 e. The molecule has 0 radical (unpaired) electrons. The number of rotatable bonds is 4. The normalized spacial score (nSPS) is 10.1. The smallest absolute Gasteiger partial charge is 0.213 e. The molecule has 2 rings (SSSR count). The summed E-state index contributed by atoms with van der Waals surface area (Å²) >= 11 is 0. The zero-order valence-electron chi connectivity index (χ0n) is 8.05. The summed E-state index contributed by atoms with van der Waals surface area (Å²) in [6.07, 6.45) is 3.67. The lowest BCUT2D eigenvalue weighted by Gasteiger charge is -2.05. The van der Waals surface area contributed by atoms with E-state index in [0.29, 0.717) is 30.3 Å². The van der Waals surface area contributed by atoms with Crippen LogP contribution in [0.15, 0.2) is 29.2 Å². The van der Waals surface area contributed by atoms with Crippen molar-refractivity contribution in [2.75, 3.05) is 17.6 Å². The molecule has 0 saturated heterocycles. The average Bonchev–Trinajstić information content (AvgIpc) is 2.74. The van der Waals surface area contributed by atoms with Crippen molar-refractivity contribution in [1.82, 2.24) is 15.1 Å². The minimum absolute atomic E-state index is 0.630. The molecule has 6 heteroatoms. The zero-order chi connectivity index (χ0) is 10.5. The fraction of sp³-hybridized carbons (Fsp3) is 0.222. The predicted molar refractivity (Wildman–Crippen MR) is 55.1 cm³/mol. The SMILES string of the molecule is Nc1cccnc1NCCc1ncon1. The maximum absolute atomic E-state index is 5.71. The summed E-state index contributed by atoms with van der Waals surface area (Å²) < 4.78 is 4.61. The highest BCUT2D eigenvalue weighted by Gasteiger charge is 2.00. The van der Waals surface area contributed by atoms with E-state index in [0.717, 1.165) is 0 Å². The first-order chi connectivity index (χ1) is 7.36. The molecule has 0 aliphatic carbocycles. The molecule has 2 aromatic rings. The van der Waals surface area contributed by atoms with E-state index in [1.54, 1.807) is 18.3 Å². The van der Waals surface area contributed by atoms with Crippen molar-refractivity contribution in [2.24, 2.45) is 0 Å². The quantitative estimate of drug-likeness (QED) is 0.763. The van der Waals surface area contributed by atoms with Crippen LogP contribution in [-0.4, -0.2) is 21.7 Å². The molecule has 0 fully saturated rings. The molecule has 0 unspecified atom stereocenters. The third-order valence-corrected chi connectivity index (χ3v) is 1.89. The van der Waals surface area contributed by atoms with Gasteiger partial charge in [0, 0.05) is 19.2 Å². The molecule has 0 amide bonds. The summed E-state index contributed by atoms with van der Waals surface area (Å²) in [5.41, 5.74) is 6.34. The Morgan fingerprint density at radius 2 is 2.33 bits per heavy atom. The molecule has 2 aromatic heterocycles. The number of nitrogens with one attached hydrogen (secondary N) is 1. The molecule has 0 aliphatic rings. The van der Waals surface area contributed by atoms with E-state index in [1.165, 1.54) is 6.39 Å². The van der Waals surface area contributed by atoms with E-state index in [-0.39, 0.29) is 0 Å². The van der Waals surface area contributed by atoms with Gasteiger partial charge in [0.15, 0.2) is 5.82 Å². The molecule has 78 valence electrons. The Labute approximate surface area is 86.5 Å². The van der Waals surface area contributed by atoms with Crippen molar-refractivity contribution in [3.63, 3.8) is 0 Å². The van der Waals surface area contributed by atoms with Gasteiger partial charge in [-0.2, -0.15) is 4.98 Å². The first-order valence-electron chi connectivity index (χ1n) is 4.56. The number of nitrogens with zero attached hydrogens (tertiary/aromatic N) is 3.